The van der Waals surface area contributed by atoms with Gasteiger partial charge in [-0.05, 0) is 31.4 Å². The Kier molecular flexibility index (Phi) is 5.59. The second kappa shape index (κ2) is 5.28. The molecule has 1 saturated carbocycles. The van der Waals surface area contributed by atoms with Gasteiger partial charge in [-0.25, -0.2) is 0 Å². The molecule has 1 atom stereocenters. The van der Waals surface area contributed by atoms with Gasteiger partial charge in [0, 0.05) is 11.8 Å². The SMILES string of the molecule is CC(N)CSCC1CC1.Cl. The number of nitrogens with two attached hydrogens (primary N) is 1. The lowest BCUT2D eigenvalue weighted by molar-refractivity contribution is 0.844. The number of halogens is 1. The van der Waals surface area contributed by atoms with Gasteiger partial charge in [-0.1, -0.05) is 0 Å². The lowest BCUT2D eigenvalue weighted by Crippen LogP contribution is -2.17. The Morgan fingerprint density at radius 2 is 2.20 bits per heavy atom. The monoisotopic (exact) mass is 181 g/mol. The second-order valence-corrected chi connectivity index (χ2v) is 4.03. The summed E-state index contributed by atoms with van der Waals surface area (Å²) >= 11 is 2.01. The van der Waals surface area contributed by atoms with Crippen LogP contribution in [0.5, 0.6) is 0 Å². The van der Waals surface area contributed by atoms with Gasteiger partial charge in [0.1, 0.15) is 0 Å². The summed E-state index contributed by atoms with van der Waals surface area (Å²) in [4.78, 5) is 0. The van der Waals surface area contributed by atoms with E-state index < -0.39 is 0 Å². The Morgan fingerprint density at radius 3 is 2.60 bits per heavy atom. The normalized spacial score (nSPS) is 19.8. The van der Waals surface area contributed by atoms with E-state index in [0.717, 1.165) is 11.7 Å². The van der Waals surface area contributed by atoms with Crippen molar-refractivity contribution in [2.45, 2.75) is 25.8 Å². The first kappa shape index (κ1) is 10.6. The molecule has 0 aromatic heterocycles. The molecular formula is C7H16ClNS. The zero-order valence-corrected chi connectivity index (χ0v) is 8.01. The summed E-state index contributed by atoms with van der Waals surface area (Å²) in [6.07, 6.45) is 2.93. The predicted molar refractivity (Wildman–Crippen MR) is 50.9 cm³/mol. The number of hydrogen-bond donors (Lipinski definition) is 1. The van der Waals surface area contributed by atoms with Crippen LogP contribution in [-0.2, 0) is 0 Å². The van der Waals surface area contributed by atoms with Crippen LogP contribution in [-0.4, -0.2) is 17.5 Å². The van der Waals surface area contributed by atoms with Crippen molar-refractivity contribution < 1.29 is 0 Å². The first-order valence-electron chi connectivity index (χ1n) is 3.62. The van der Waals surface area contributed by atoms with E-state index in [1.165, 1.54) is 18.6 Å². The van der Waals surface area contributed by atoms with Crippen molar-refractivity contribution in [1.29, 1.82) is 0 Å². The summed E-state index contributed by atoms with van der Waals surface area (Å²) in [7, 11) is 0. The third-order valence-corrected chi connectivity index (χ3v) is 2.90. The van der Waals surface area contributed by atoms with Gasteiger partial charge >= 0.3 is 0 Å². The molecule has 0 aromatic carbocycles. The van der Waals surface area contributed by atoms with E-state index in [9.17, 15) is 0 Å². The van der Waals surface area contributed by atoms with Crippen LogP contribution in [0.4, 0.5) is 0 Å². The van der Waals surface area contributed by atoms with Crippen molar-refractivity contribution in [3.63, 3.8) is 0 Å². The Labute approximate surface area is 73.5 Å². The largest absolute Gasteiger partial charge is 0.327 e. The minimum atomic E-state index is 0. The van der Waals surface area contributed by atoms with Gasteiger partial charge in [-0.2, -0.15) is 11.8 Å². The second-order valence-electron chi connectivity index (χ2n) is 2.96. The van der Waals surface area contributed by atoms with Gasteiger partial charge in [0.2, 0.25) is 0 Å². The summed E-state index contributed by atoms with van der Waals surface area (Å²) in [6, 6.07) is 0.383. The smallest absolute Gasteiger partial charge is 0.0101 e. The number of thioether (sulfide) groups is 1. The van der Waals surface area contributed by atoms with E-state index in [0.29, 0.717) is 6.04 Å². The Balaban J connectivity index is 0.000000810. The van der Waals surface area contributed by atoms with E-state index >= 15 is 0 Å². The van der Waals surface area contributed by atoms with Crippen molar-refractivity contribution >= 4 is 24.2 Å². The molecule has 0 bridgehead atoms. The molecule has 0 spiro atoms. The van der Waals surface area contributed by atoms with Crippen molar-refractivity contribution in [2.24, 2.45) is 11.7 Å². The molecule has 1 aliphatic rings. The Hall–Kier alpha value is 0.600. The fourth-order valence-electron chi connectivity index (χ4n) is 0.705. The van der Waals surface area contributed by atoms with Crippen LogP contribution in [0.3, 0.4) is 0 Å². The first-order chi connectivity index (χ1) is 4.29. The molecule has 1 nitrogen and oxygen atoms in total. The van der Waals surface area contributed by atoms with E-state index in [1.54, 1.807) is 0 Å². The van der Waals surface area contributed by atoms with Gasteiger partial charge < -0.3 is 5.73 Å². The molecule has 1 unspecified atom stereocenters. The molecule has 0 heterocycles. The predicted octanol–water partition coefficient (Wildman–Crippen LogP) is 1.90. The molecule has 1 rings (SSSR count). The van der Waals surface area contributed by atoms with Gasteiger partial charge in [0.15, 0.2) is 0 Å². The van der Waals surface area contributed by atoms with Crippen molar-refractivity contribution in [3.05, 3.63) is 0 Å². The van der Waals surface area contributed by atoms with E-state index in [-0.39, 0.29) is 12.4 Å². The van der Waals surface area contributed by atoms with Crippen LogP contribution >= 0.6 is 24.2 Å². The van der Waals surface area contributed by atoms with Gasteiger partial charge in [0.05, 0.1) is 0 Å². The summed E-state index contributed by atoms with van der Waals surface area (Å²) < 4.78 is 0. The van der Waals surface area contributed by atoms with Crippen LogP contribution < -0.4 is 5.73 Å². The highest BCUT2D eigenvalue weighted by molar-refractivity contribution is 7.99. The third-order valence-electron chi connectivity index (χ3n) is 1.43. The highest BCUT2D eigenvalue weighted by atomic mass is 35.5. The standard InChI is InChI=1S/C7H15NS.ClH/c1-6(8)4-9-5-7-2-3-7;/h6-7H,2-5,8H2,1H3;1H. The molecule has 62 valence electrons. The maximum Gasteiger partial charge on any atom is 0.0101 e. The van der Waals surface area contributed by atoms with Crippen molar-refractivity contribution in [1.82, 2.24) is 0 Å². The maximum atomic E-state index is 5.58. The average Bonchev–Trinajstić information content (AvgIpc) is 2.48. The lowest BCUT2D eigenvalue weighted by atomic mass is 10.4. The summed E-state index contributed by atoms with van der Waals surface area (Å²) in [6.45, 7) is 2.07. The quantitative estimate of drug-likeness (QED) is 0.717. The molecule has 2 N–H and O–H groups in total. The first-order valence-corrected chi connectivity index (χ1v) is 4.78. The van der Waals surface area contributed by atoms with Crippen molar-refractivity contribution in [3.8, 4) is 0 Å². The molecule has 1 aliphatic carbocycles. The third kappa shape index (κ3) is 5.39. The van der Waals surface area contributed by atoms with Crippen LogP contribution in [0.15, 0.2) is 0 Å². The van der Waals surface area contributed by atoms with Crippen molar-refractivity contribution in [2.75, 3.05) is 11.5 Å². The van der Waals surface area contributed by atoms with Gasteiger partial charge in [0.25, 0.3) is 0 Å². The van der Waals surface area contributed by atoms with E-state index in [2.05, 4.69) is 6.92 Å². The molecule has 10 heavy (non-hydrogen) atoms. The molecule has 3 heteroatoms. The molecule has 0 amide bonds. The van der Waals surface area contributed by atoms with Gasteiger partial charge in [-0.15, -0.1) is 12.4 Å². The summed E-state index contributed by atoms with van der Waals surface area (Å²) in [5, 5.41) is 0. The van der Waals surface area contributed by atoms with Crippen LogP contribution in [0, 0.1) is 5.92 Å². The summed E-state index contributed by atoms with van der Waals surface area (Å²) in [5.74, 6) is 3.53. The fraction of sp³-hybridized carbons (Fsp3) is 1.00. The minimum Gasteiger partial charge on any atom is -0.327 e. The van der Waals surface area contributed by atoms with Crippen LogP contribution in [0.1, 0.15) is 19.8 Å². The number of rotatable bonds is 4. The maximum absolute atomic E-state index is 5.58. The zero-order valence-electron chi connectivity index (χ0n) is 6.38. The number of hydrogen-bond acceptors (Lipinski definition) is 2. The Morgan fingerprint density at radius 1 is 1.60 bits per heavy atom. The van der Waals surface area contributed by atoms with E-state index in [1.807, 2.05) is 11.8 Å². The molecule has 0 saturated heterocycles. The van der Waals surface area contributed by atoms with Gasteiger partial charge in [-0.3, -0.25) is 0 Å². The van der Waals surface area contributed by atoms with Crippen LogP contribution in [0.25, 0.3) is 0 Å². The molecule has 0 aromatic rings. The zero-order chi connectivity index (χ0) is 6.69. The Bertz CT molecular complexity index is 81.7. The molecule has 0 aliphatic heterocycles. The highest BCUT2D eigenvalue weighted by Crippen LogP contribution is 2.32. The molecule has 1 fully saturated rings. The fourth-order valence-corrected chi connectivity index (χ4v) is 1.88. The molecular weight excluding hydrogens is 166 g/mol. The average molecular weight is 182 g/mol. The van der Waals surface area contributed by atoms with Crippen LogP contribution in [0.2, 0.25) is 0 Å². The summed E-state index contributed by atoms with van der Waals surface area (Å²) in [5.41, 5.74) is 5.58. The highest BCUT2D eigenvalue weighted by Gasteiger charge is 2.20. The topological polar surface area (TPSA) is 26.0 Å². The lowest BCUT2D eigenvalue weighted by Gasteiger charge is -2.02. The molecule has 0 radical (unpaired) electrons. The van der Waals surface area contributed by atoms with E-state index in [4.69, 9.17) is 5.73 Å². The minimum absolute atomic E-state index is 0.